The van der Waals surface area contributed by atoms with E-state index >= 15 is 0 Å². The fourth-order valence-electron chi connectivity index (χ4n) is 2.89. The lowest BCUT2D eigenvalue weighted by molar-refractivity contribution is -0.138. The average Bonchev–Trinajstić information content (AvgIpc) is 2.33. The van der Waals surface area contributed by atoms with E-state index in [-0.39, 0.29) is 17.6 Å². The number of aryl methyl sites for hydroxylation is 1. The van der Waals surface area contributed by atoms with E-state index in [1.165, 1.54) is 0 Å². The van der Waals surface area contributed by atoms with Crippen molar-refractivity contribution in [1.29, 1.82) is 0 Å². The van der Waals surface area contributed by atoms with Gasteiger partial charge < -0.3 is 5.11 Å². The van der Waals surface area contributed by atoms with Gasteiger partial charge in [0.2, 0.25) is 0 Å². The fourth-order valence-corrected chi connectivity index (χ4v) is 2.89. The Labute approximate surface area is 119 Å². The molecule has 0 aliphatic carbocycles. The highest BCUT2D eigenvalue weighted by molar-refractivity contribution is 5.76. The van der Waals surface area contributed by atoms with E-state index in [0.29, 0.717) is 11.3 Å². The predicted molar refractivity (Wildman–Crippen MR) is 78.2 cm³/mol. The second-order valence-corrected chi connectivity index (χ2v) is 5.63. The summed E-state index contributed by atoms with van der Waals surface area (Å²) in [4.78, 5) is 27.5. The third-order valence-corrected chi connectivity index (χ3v) is 3.93. The lowest BCUT2D eigenvalue weighted by Crippen LogP contribution is -2.34. The number of carboxylic acid groups (broad SMARTS) is 1. The summed E-state index contributed by atoms with van der Waals surface area (Å²) < 4.78 is 1.66. The molecule has 1 aromatic heterocycles. The van der Waals surface area contributed by atoms with Crippen molar-refractivity contribution >= 4 is 5.97 Å². The van der Waals surface area contributed by atoms with Crippen molar-refractivity contribution in [2.75, 3.05) is 0 Å². The third-order valence-electron chi connectivity index (χ3n) is 3.93. The Morgan fingerprint density at radius 3 is 2.25 bits per heavy atom. The molecule has 0 aromatic carbocycles. The number of nitrogens with zero attached hydrogens (tertiary/aromatic N) is 2. The van der Waals surface area contributed by atoms with E-state index < -0.39 is 11.9 Å². The molecule has 0 bridgehead atoms. The Morgan fingerprint density at radius 1 is 1.30 bits per heavy atom. The van der Waals surface area contributed by atoms with Crippen molar-refractivity contribution in [1.82, 2.24) is 9.55 Å². The van der Waals surface area contributed by atoms with E-state index in [2.05, 4.69) is 18.8 Å². The summed E-state index contributed by atoms with van der Waals surface area (Å²) >= 11 is 0. The normalized spacial score (nSPS) is 14.3. The summed E-state index contributed by atoms with van der Waals surface area (Å²) in [5, 5.41) is 9.23. The topological polar surface area (TPSA) is 72.2 Å². The Kier molecular flexibility index (Phi) is 5.09. The standard InChI is InChI=1S/C15H24N2O3/c1-7-12(8(2)3)17-11(6)13(9(4)14(18)19)10(5)16-15(17)20/h8-9,12H,7H2,1-6H3,(H,18,19). The van der Waals surface area contributed by atoms with Crippen LogP contribution in [0.3, 0.4) is 0 Å². The maximum absolute atomic E-state index is 12.2. The zero-order valence-electron chi connectivity index (χ0n) is 13.1. The first-order valence-electron chi connectivity index (χ1n) is 7.04. The van der Waals surface area contributed by atoms with E-state index in [1.807, 2.05) is 13.8 Å². The highest BCUT2D eigenvalue weighted by Crippen LogP contribution is 2.26. The number of aliphatic carboxylic acids is 1. The first kappa shape index (κ1) is 16.4. The van der Waals surface area contributed by atoms with Crippen LogP contribution in [0.25, 0.3) is 0 Å². The molecule has 0 amide bonds. The van der Waals surface area contributed by atoms with E-state index in [1.54, 1.807) is 18.4 Å². The largest absolute Gasteiger partial charge is 0.481 e. The van der Waals surface area contributed by atoms with E-state index in [4.69, 9.17) is 0 Å². The quantitative estimate of drug-likeness (QED) is 0.900. The van der Waals surface area contributed by atoms with Crippen molar-refractivity contribution in [3.8, 4) is 0 Å². The molecule has 2 atom stereocenters. The van der Waals surface area contributed by atoms with Gasteiger partial charge in [-0.3, -0.25) is 9.36 Å². The van der Waals surface area contributed by atoms with Gasteiger partial charge in [0.15, 0.2) is 0 Å². The lowest BCUT2D eigenvalue weighted by Gasteiger charge is -2.26. The zero-order valence-corrected chi connectivity index (χ0v) is 13.1. The summed E-state index contributed by atoms with van der Waals surface area (Å²) in [5.74, 6) is -1.28. The second kappa shape index (κ2) is 6.20. The van der Waals surface area contributed by atoms with Crippen molar-refractivity contribution in [2.24, 2.45) is 5.92 Å². The number of rotatable bonds is 5. The molecule has 20 heavy (non-hydrogen) atoms. The minimum atomic E-state index is -0.902. The maximum Gasteiger partial charge on any atom is 0.348 e. The van der Waals surface area contributed by atoms with Gasteiger partial charge in [0.1, 0.15) is 0 Å². The van der Waals surface area contributed by atoms with Crippen molar-refractivity contribution < 1.29 is 9.90 Å². The molecule has 1 aromatic rings. The molecule has 112 valence electrons. The molecule has 0 aliphatic rings. The van der Waals surface area contributed by atoms with Crippen LogP contribution in [-0.4, -0.2) is 20.6 Å². The summed E-state index contributed by atoms with van der Waals surface area (Å²) in [7, 11) is 0. The molecular formula is C15H24N2O3. The van der Waals surface area contributed by atoms with Crippen molar-refractivity contribution in [3.63, 3.8) is 0 Å². The molecule has 1 N–H and O–H groups in total. The molecule has 0 spiro atoms. The van der Waals surface area contributed by atoms with Gasteiger partial charge in [-0.1, -0.05) is 20.8 Å². The smallest absolute Gasteiger partial charge is 0.348 e. The number of hydrogen-bond acceptors (Lipinski definition) is 3. The van der Waals surface area contributed by atoms with Crippen LogP contribution in [0, 0.1) is 19.8 Å². The maximum atomic E-state index is 12.2. The summed E-state index contributed by atoms with van der Waals surface area (Å²) in [5.41, 5.74) is 1.59. The van der Waals surface area contributed by atoms with Crippen LogP contribution in [0.1, 0.15) is 63.0 Å². The van der Waals surface area contributed by atoms with Gasteiger partial charge in [-0.05, 0) is 33.1 Å². The minimum absolute atomic E-state index is 0.0374. The SMILES string of the molecule is CCC(C(C)C)n1c(C)c(C(C)C(=O)O)c(C)nc1=O. The van der Waals surface area contributed by atoms with Crippen LogP contribution in [-0.2, 0) is 4.79 Å². The monoisotopic (exact) mass is 280 g/mol. The van der Waals surface area contributed by atoms with Gasteiger partial charge in [-0.15, -0.1) is 0 Å². The number of aromatic nitrogens is 2. The summed E-state index contributed by atoms with van der Waals surface area (Å²) in [6.45, 7) is 11.3. The van der Waals surface area contributed by atoms with Crippen LogP contribution in [0.2, 0.25) is 0 Å². The molecule has 1 rings (SSSR count). The Hall–Kier alpha value is -1.65. The van der Waals surface area contributed by atoms with Crippen LogP contribution in [0.15, 0.2) is 4.79 Å². The fraction of sp³-hybridized carbons (Fsp3) is 0.667. The van der Waals surface area contributed by atoms with Crippen LogP contribution < -0.4 is 5.69 Å². The Balaban J connectivity index is 3.59. The summed E-state index contributed by atoms with van der Waals surface area (Å²) in [6, 6.07) is 0.0374. The molecular weight excluding hydrogens is 256 g/mol. The lowest BCUT2D eigenvalue weighted by atomic mass is 9.95. The second-order valence-electron chi connectivity index (χ2n) is 5.63. The first-order chi connectivity index (χ1) is 9.22. The number of carbonyl (C=O) groups is 1. The molecule has 2 unspecified atom stereocenters. The molecule has 0 aliphatic heterocycles. The molecule has 0 fully saturated rings. The van der Waals surface area contributed by atoms with Gasteiger partial charge in [0, 0.05) is 23.0 Å². The average molecular weight is 280 g/mol. The molecule has 0 saturated heterocycles. The van der Waals surface area contributed by atoms with E-state index in [9.17, 15) is 14.7 Å². The number of carboxylic acids is 1. The number of hydrogen-bond donors (Lipinski definition) is 1. The van der Waals surface area contributed by atoms with Crippen LogP contribution in [0.5, 0.6) is 0 Å². The Bertz CT molecular complexity index is 561. The van der Waals surface area contributed by atoms with Gasteiger partial charge in [-0.2, -0.15) is 4.98 Å². The van der Waals surface area contributed by atoms with Crippen molar-refractivity contribution in [3.05, 3.63) is 27.4 Å². The van der Waals surface area contributed by atoms with Gasteiger partial charge in [0.05, 0.1) is 5.92 Å². The zero-order chi connectivity index (χ0) is 15.6. The molecule has 5 nitrogen and oxygen atoms in total. The highest BCUT2D eigenvalue weighted by Gasteiger charge is 2.25. The minimum Gasteiger partial charge on any atom is -0.481 e. The van der Waals surface area contributed by atoms with E-state index in [0.717, 1.165) is 12.1 Å². The molecule has 0 saturated carbocycles. The van der Waals surface area contributed by atoms with Gasteiger partial charge in [0.25, 0.3) is 0 Å². The van der Waals surface area contributed by atoms with Crippen LogP contribution in [0.4, 0.5) is 0 Å². The van der Waals surface area contributed by atoms with Gasteiger partial charge >= 0.3 is 11.7 Å². The predicted octanol–water partition coefficient (Wildman–Crippen LogP) is 2.66. The molecule has 0 radical (unpaired) electrons. The summed E-state index contributed by atoms with van der Waals surface area (Å²) in [6.07, 6.45) is 0.810. The highest BCUT2D eigenvalue weighted by atomic mass is 16.4. The first-order valence-corrected chi connectivity index (χ1v) is 7.04. The van der Waals surface area contributed by atoms with Crippen LogP contribution >= 0.6 is 0 Å². The Morgan fingerprint density at radius 2 is 1.85 bits per heavy atom. The molecule has 1 heterocycles. The van der Waals surface area contributed by atoms with Crippen molar-refractivity contribution in [2.45, 2.75) is 59.9 Å². The molecule has 5 heteroatoms. The van der Waals surface area contributed by atoms with Gasteiger partial charge in [-0.25, -0.2) is 4.79 Å². The third kappa shape index (κ3) is 2.92.